The third-order valence-corrected chi connectivity index (χ3v) is 4.43. The van der Waals surface area contributed by atoms with Crippen LogP contribution in [0.2, 0.25) is 0 Å². The SMILES string of the molecule is COc1ccc(-c2ccc3c(c2)COC3=O)c(OCCOC(=O)CC(F)(F)F)c1OC. The lowest BCUT2D eigenvalue weighted by Crippen LogP contribution is -2.19. The molecule has 0 amide bonds. The standard InChI is InChI=1S/C21H19F3O7/c1-27-16-6-5-14(12-3-4-15-13(9-12)11-31-20(15)26)18(19(16)28-2)30-8-7-29-17(25)10-21(22,23)24/h3-6,9H,7-8,10-11H2,1-2H3. The van der Waals surface area contributed by atoms with Gasteiger partial charge in [-0.1, -0.05) is 6.07 Å². The fraction of sp³-hybridized carbons (Fsp3) is 0.333. The maximum Gasteiger partial charge on any atom is 0.399 e. The molecule has 0 saturated carbocycles. The minimum atomic E-state index is -4.64. The van der Waals surface area contributed by atoms with E-state index in [1.807, 2.05) is 0 Å². The summed E-state index contributed by atoms with van der Waals surface area (Å²) in [5, 5.41) is 0. The van der Waals surface area contributed by atoms with Crippen molar-refractivity contribution in [2.24, 2.45) is 0 Å². The Labute approximate surface area is 175 Å². The first-order valence-corrected chi connectivity index (χ1v) is 9.14. The normalized spacial score (nSPS) is 12.7. The molecule has 0 saturated heterocycles. The number of hydrogen-bond acceptors (Lipinski definition) is 7. The quantitative estimate of drug-likeness (QED) is 0.455. The largest absolute Gasteiger partial charge is 0.493 e. The zero-order valence-corrected chi connectivity index (χ0v) is 16.7. The number of ether oxygens (including phenoxy) is 5. The van der Waals surface area contributed by atoms with Gasteiger partial charge in [0.1, 0.15) is 26.2 Å². The smallest absolute Gasteiger partial charge is 0.399 e. The lowest BCUT2D eigenvalue weighted by molar-refractivity contribution is -0.171. The molecule has 31 heavy (non-hydrogen) atoms. The second-order valence-electron chi connectivity index (χ2n) is 6.49. The van der Waals surface area contributed by atoms with Crippen LogP contribution >= 0.6 is 0 Å². The summed E-state index contributed by atoms with van der Waals surface area (Å²) in [6, 6.07) is 8.50. The van der Waals surface area contributed by atoms with Crippen LogP contribution in [-0.4, -0.2) is 45.5 Å². The summed E-state index contributed by atoms with van der Waals surface area (Å²) in [4.78, 5) is 22.9. The van der Waals surface area contributed by atoms with Crippen LogP contribution in [0, 0.1) is 0 Å². The van der Waals surface area contributed by atoms with Gasteiger partial charge in [0.2, 0.25) is 5.75 Å². The second kappa shape index (κ2) is 9.15. The molecule has 166 valence electrons. The monoisotopic (exact) mass is 440 g/mol. The van der Waals surface area contributed by atoms with Gasteiger partial charge in [0.05, 0.1) is 19.8 Å². The van der Waals surface area contributed by atoms with E-state index in [9.17, 15) is 22.8 Å². The molecule has 10 heteroatoms. The van der Waals surface area contributed by atoms with Gasteiger partial charge in [-0.15, -0.1) is 0 Å². The third kappa shape index (κ3) is 5.19. The Morgan fingerprint density at radius 1 is 1.03 bits per heavy atom. The molecule has 1 aliphatic heterocycles. The number of esters is 2. The first kappa shape index (κ1) is 22.3. The zero-order valence-electron chi connectivity index (χ0n) is 16.7. The van der Waals surface area contributed by atoms with Crippen LogP contribution in [0.25, 0.3) is 11.1 Å². The second-order valence-corrected chi connectivity index (χ2v) is 6.49. The van der Waals surface area contributed by atoms with Gasteiger partial charge >= 0.3 is 18.1 Å². The Kier molecular flexibility index (Phi) is 6.57. The van der Waals surface area contributed by atoms with Crippen molar-refractivity contribution in [1.82, 2.24) is 0 Å². The van der Waals surface area contributed by atoms with E-state index in [2.05, 4.69) is 4.74 Å². The minimum absolute atomic E-state index is 0.153. The van der Waals surface area contributed by atoms with E-state index in [0.717, 1.165) is 0 Å². The molecule has 0 radical (unpaired) electrons. The number of alkyl halides is 3. The number of carbonyl (C=O) groups is 2. The maximum absolute atomic E-state index is 12.2. The number of halogens is 3. The summed E-state index contributed by atoms with van der Waals surface area (Å²) in [6.07, 6.45) is -6.31. The average Bonchev–Trinajstić information content (AvgIpc) is 3.09. The summed E-state index contributed by atoms with van der Waals surface area (Å²) in [5.41, 5.74) is 2.47. The molecule has 0 aliphatic carbocycles. The van der Waals surface area contributed by atoms with Gasteiger partial charge in [0, 0.05) is 11.1 Å². The topological polar surface area (TPSA) is 80.3 Å². The number of rotatable bonds is 8. The highest BCUT2D eigenvalue weighted by Crippen LogP contribution is 2.45. The van der Waals surface area contributed by atoms with Crippen LogP contribution < -0.4 is 14.2 Å². The van der Waals surface area contributed by atoms with Crippen LogP contribution in [0.3, 0.4) is 0 Å². The molecule has 0 spiro atoms. The molecular formula is C21H19F3O7. The predicted molar refractivity (Wildman–Crippen MR) is 101 cm³/mol. The summed E-state index contributed by atoms with van der Waals surface area (Å²) in [6.45, 7) is -0.450. The molecule has 2 aromatic rings. The van der Waals surface area contributed by atoms with Crippen molar-refractivity contribution in [2.45, 2.75) is 19.2 Å². The fourth-order valence-corrected chi connectivity index (χ4v) is 3.08. The van der Waals surface area contributed by atoms with Crippen molar-refractivity contribution in [3.8, 4) is 28.4 Å². The number of benzene rings is 2. The van der Waals surface area contributed by atoms with Gasteiger partial charge < -0.3 is 23.7 Å². The molecule has 0 aromatic heterocycles. The molecule has 7 nitrogen and oxygen atoms in total. The fourth-order valence-electron chi connectivity index (χ4n) is 3.08. The van der Waals surface area contributed by atoms with E-state index in [1.165, 1.54) is 14.2 Å². The van der Waals surface area contributed by atoms with Crippen molar-refractivity contribution in [3.63, 3.8) is 0 Å². The van der Waals surface area contributed by atoms with Crippen molar-refractivity contribution >= 4 is 11.9 Å². The molecule has 1 heterocycles. The van der Waals surface area contributed by atoms with E-state index in [1.54, 1.807) is 30.3 Å². The molecule has 0 bridgehead atoms. The van der Waals surface area contributed by atoms with Gasteiger partial charge in [0.25, 0.3) is 0 Å². The lowest BCUT2D eigenvalue weighted by atomic mass is 9.99. The van der Waals surface area contributed by atoms with Gasteiger partial charge in [-0.3, -0.25) is 4.79 Å². The van der Waals surface area contributed by atoms with E-state index >= 15 is 0 Å². The maximum atomic E-state index is 12.2. The van der Waals surface area contributed by atoms with Gasteiger partial charge in [-0.2, -0.15) is 13.2 Å². The van der Waals surface area contributed by atoms with E-state index in [0.29, 0.717) is 28.0 Å². The molecule has 1 aliphatic rings. The predicted octanol–water partition coefficient (Wildman–Crippen LogP) is 3.92. The molecular weight excluding hydrogens is 421 g/mol. The van der Waals surface area contributed by atoms with Gasteiger partial charge in [-0.05, 0) is 29.8 Å². The minimum Gasteiger partial charge on any atom is -0.493 e. The van der Waals surface area contributed by atoms with Crippen molar-refractivity contribution < 1.29 is 46.4 Å². The number of cyclic esters (lactones) is 1. The Bertz CT molecular complexity index is 986. The number of hydrogen-bond donors (Lipinski definition) is 0. The Hall–Kier alpha value is -3.43. The molecule has 0 atom stereocenters. The summed E-state index contributed by atoms with van der Waals surface area (Å²) in [7, 11) is 2.85. The molecule has 0 fully saturated rings. The Morgan fingerprint density at radius 2 is 1.77 bits per heavy atom. The van der Waals surface area contributed by atoms with Crippen LogP contribution in [0.4, 0.5) is 13.2 Å². The first-order chi connectivity index (χ1) is 14.7. The van der Waals surface area contributed by atoms with Crippen molar-refractivity contribution in [1.29, 1.82) is 0 Å². The first-order valence-electron chi connectivity index (χ1n) is 9.14. The van der Waals surface area contributed by atoms with Crippen molar-refractivity contribution in [2.75, 3.05) is 27.4 Å². The highest BCUT2D eigenvalue weighted by Gasteiger charge is 2.32. The number of fused-ring (bicyclic) bond motifs is 1. The van der Waals surface area contributed by atoms with E-state index in [4.69, 9.17) is 18.9 Å². The lowest BCUT2D eigenvalue weighted by Gasteiger charge is -2.18. The van der Waals surface area contributed by atoms with Crippen LogP contribution in [-0.2, 0) is 20.9 Å². The van der Waals surface area contributed by atoms with E-state index < -0.39 is 24.5 Å². The third-order valence-electron chi connectivity index (χ3n) is 4.43. The van der Waals surface area contributed by atoms with Gasteiger partial charge in [-0.25, -0.2) is 4.79 Å². The number of carbonyl (C=O) groups excluding carboxylic acids is 2. The van der Waals surface area contributed by atoms with Crippen LogP contribution in [0.15, 0.2) is 30.3 Å². The van der Waals surface area contributed by atoms with E-state index in [-0.39, 0.29) is 31.3 Å². The molecule has 2 aromatic carbocycles. The van der Waals surface area contributed by atoms with Crippen LogP contribution in [0.1, 0.15) is 22.3 Å². The molecule has 3 rings (SSSR count). The Morgan fingerprint density at radius 3 is 2.45 bits per heavy atom. The Balaban J connectivity index is 1.83. The van der Waals surface area contributed by atoms with Crippen LogP contribution in [0.5, 0.6) is 17.2 Å². The average molecular weight is 440 g/mol. The van der Waals surface area contributed by atoms with Crippen molar-refractivity contribution in [3.05, 3.63) is 41.5 Å². The summed E-state index contributed by atoms with van der Waals surface area (Å²) < 4.78 is 62.7. The van der Waals surface area contributed by atoms with Gasteiger partial charge in [0.15, 0.2) is 11.5 Å². The highest BCUT2D eigenvalue weighted by molar-refractivity contribution is 5.94. The summed E-state index contributed by atoms with van der Waals surface area (Å²) in [5.74, 6) is -0.911. The molecule has 0 N–H and O–H groups in total. The highest BCUT2D eigenvalue weighted by atomic mass is 19.4. The summed E-state index contributed by atoms with van der Waals surface area (Å²) >= 11 is 0. The molecule has 0 unspecified atom stereocenters. The number of methoxy groups -OCH3 is 2. The zero-order chi connectivity index (χ0) is 22.6.